The smallest absolute Gasteiger partial charge is 0.339 e. The summed E-state index contributed by atoms with van der Waals surface area (Å²) in [6, 6.07) is 12.2. The Bertz CT molecular complexity index is 1590. The molecule has 2 unspecified atom stereocenters. The van der Waals surface area contributed by atoms with E-state index in [2.05, 4.69) is 22.3 Å². The quantitative estimate of drug-likeness (QED) is 0.345. The van der Waals surface area contributed by atoms with E-state index >= 15 is 4.39 Å². The van der Waals surface area contributed by atoms with Crippen molar-refractivity contribution in [1.82, 2.24) is 29.7 Å². The molecule has 0 radical (unpaired) electrons. The van der Waals surface area contributed by atoms with Gasteiger partial charge in [-0.25, -0.2) is 13.9 Å². The van der Waals surface area contributed by atoms with Gasteiger partial charge in [0.25, 0.3) is 5.91 Å². The second-order valence-corrected chi connectivity index (χ2v) is 10.7. The van der Waals surface area contributed by atoms with Gasteiger partial charge in [0, 0.05) is 43.2 Å². The predicted octanol–water partition coefficient (Wildman–Crippen LogP) is 5.18. The van der Waals surface area contributed by atoms with E-state index in [4.69, 9.17) is 0 Å². The fourth-order valence-corrected chi connectivity index (χ4v) is 6.02. The van der Waals surface area contributed by atoms with Crippen molar-refractivity contribution in [2.24, 2.45) is 7.05 Å². The molecule has 2 aliphatic rings. The lowest BCUT2D eigenvalue weighted by Gasteiger charge is -2.35. The molecule has 1 aliphatic heterocycles. The summed E-state index contributed by atoms with van der Waals surface area (Å²) in [6.07, 6.45) is 7.73. The van der Waals surface area contributed by atoms with E-state index < -0.39 is 11.8 Å². The Morgan fingerprint density at radius 3 is 2.67 bits per heavy atom. The fraction of sp³-hybridized carbons (Fsp3) is 0.367. The highest BCUT2D eigenvalue weighted by Crippen LogP contribution is 2.55. The number of hydrogen-bond acceptors (Lipinski definition) is 5. The van der Waals surface area contributed by atoms with E-state index in [-0.39, 0.29) is 34.9 Å². The summed E-state index contributed by atoms with van der Waals surface area (Å²) in [4.78, 5) is 27.3. The van der Waals surface area contributed by atoms with Gasteiger partial charge in [0.05, 0.1) is 28.8 Å². The first-order valence-corrected chi connectivity index (χ1v) is 13.7. The average Bonchev–Trinajstić information content (AvgIpc) is 3.41. The predicted molar refractivity (Wildman–Crippen MR) is 146 cm³/mol. The van der Waals surface area contributed by atoms with Crippen LogP contribution in [-0.4, -0.2) is 59.2 Å². The summed E-state index contributed by atoms with van der Waals surface area (Å²) in [7, 11) is 1.79. The topological polar surface area (TPSA) is 106 Å². The van der Waals surface area contributed by atoms with Crippen molar-refractivity contribution in [3.8, 4) is 16.8 Å². The van der Waals surface area contributed by atoms with Crippen LogP contribution in [0.5, 0.6) is 0 Å². The molecule has 1 N–H and O–H groups in total. The number of piperidine rings is 1. The Morgan fingerprint density at radius 1 is 1.10 bits per heavy atom. The van der Waals surface area contributed by atoms with Crippen LogP contribution in [0.2, 0.25) is 0 Å². The highest BCUT2D eigenvalue weighted by Gasteiger charge is 2.46. The van der Waals surface area contributed by atoms with Crippen molar-refractivity contribution in [1.29, 1.82) is 0 Å². The molecule has 0 bridgehead atoms. The minimum absolute atomic E-state index is 0.0484. The Kier molecular flexibility index (Phi) is 6.69. The van der Waals surface area contributed by atoms with Crippen molar-refractivity contribution < 1.29 is 19.1 Å². The zero-order chi connectivity index (χ0) is 28.0. The molecule has 1 saturated carbocycles. The number of likely N-dealkylation sites (tertiary alicyclic amines) is 1. The number of benzene rings is 2. The van der Waals surface area contributed by atoms with Gasteiger partial charge < -0.3 is 10.0 Å². The third kappa shape index (κ3) is 4.57. The lowest BCUT2D eigenvalue weighted by atomic mass is 9.97. The number of carboxylic acids is 1. The molecule has 2 aromatic heterocycles. The molecule has 1 saturated heterocycles. The van der Waals surface area contributed by atoms with E-state index in [0.29, 0.717) is 29.1 Å². The maximum absolute atomic E-state index is 15.9. The monoisotopic (exact) mass is 542 g/mol. The number of aromatic carboxylic acids is 1. The number of nitrogens with zero attached hydrogens (tertiary/aromatic N) is 6. The first kappa shape index (κ1) is 25.9. The van der Waals surface area contributed by atoms with Gasteiger partial charge in [-0.1, -0.05) is 36.4 Å². The van der Waals surface area contributed by atoms with Gasteiger partial charge in [-0.2, -0.15) is 5.10 Å². The summed E-state index contributed by atoms with van der Waals surface area (Å²) in [6.45, 7) is 2.70. The molecule has 1 aliphatic carbocycles. The molecular formula is C30H31FN6O3. The highest BCUT2D eigenvalue weighted by molar-refractivity contribution is 5.96. The summed E-state index contributed by atoms with van der Waals surface area (Å²) in [5, 5.41) is 22.5. The third-order valence-corrected chi connectivity index (χ3v) is 8.17. The van der Waals surface area contributed by atoms with Gasteiger partial charge in [0.15, 0.2) is 0 Å². The van der Waals surface area contributed by atoms with Gasteiger partial charge in [-0.05, 0) is 55.9 Å². The number of aromatic nitrogens is 5. The maximum Gasteiger partial charge on any atom is 0.339 e. The minimum Gasteiger partial charge on any atom is -0.478 e. The largest absolute Gasteiger partial charge is 0.478 e. The number of carboxylic acid groups (broad SMARTS) is 1. The van der Waals surface area contributed by atoms with Crippen molar-refractivity contribution in [2.75, 3.05) is 6.54 Å². The van der Waals surface area contributed by atoms with Crippen LogP contribution in [0.1, 0.15) is 83.0 Å². The number of carbonyl (C=O) groups excluding carboxylic acids is 1. The Hall–Kier alpha value is -4.34. The zero-order valence-electron chi connectivity index (χ0n) is 22.5. The van der Waals surface area contributed by atoms with Crippen LogP contribution in [0.3, 0.4) is 0 Å². The standard InChI is InChI=1S/C30H31FN6O3/c1-3-19-9-4-5-13-36(19)29(38)22-12-7-11-21(27(22)31)18-8-6-10-20(14-18)37-28(25(16-32-37)30(39)40)24-15-23(24)26-17-35(2)34-33-26/h6-8,10-12,14,16-17,19,23-24H,3-5,9,13,15H2,1-2H3,(H,39,40)/t19?,23-,24?/m1/s1. The molecule has 3 atom stereocenters. The molecule has 206 valence electrons. The molecule has 0 spiro atoms. The first-order valence-electron chi connectivity index (χ1n) is 13.7. The number of aryl methyl sites for hydroxylation is 1. The van der Waals surface area contributed by atoms with Crippen LogP contribution < -0.4 is 0 Å². The second-order valence-electron chi connectivity index (χ2n) is 10.7. The summed E-state index contributed by atoms with van der Waals surface area (Å²) in [5.41, 5.74) is 3.11. The SMILES string of the molecule is CCC1CCCCN1C(=O)c1cccc(-c2cccc(-n3ncc(C(=O)O)c3C3C[C@H]3c3cn(C)nn3)c2)c1F. The molecule has 2 fully saturated rings. The summed E-state index contributed by atoms with van der Waals surface area (Å²) in [5.74, 6) is -1.91. The molecule has 1 amide bonds. The molecule has 6 rings (SSSR count). The van der Waals surface area contributed by atoms with Crippen LogP contribution in [-0.2, 0) is 7.05 Å². The van der Waals surface area contributed by atoms with E-state index in [0.717, 1.165) is 37.8 Å². The molecule has 4 aromatic rings. The first-order chi connectivity index (χ1) is 19.4. The molecular weight excluding hydrogens is 511 g/mol. The van der Waals surface area contributed by atoms with Crippen molar-refractivity contribution in [3.63, 3.8) is 0 Å². The van der Waals surface area contributed by atoms with Crippen LogP contribution >= 0.6 is 0 Å². The number of carbonyl (C=O) groups is 2. The Balaban J connectivity index is 1.35. The lowest BCUT2D eigenvalue weighted by Crippen LogP contribution is -2.43. The molecule has 2 aromatic carbocycles. The second kappa shape index (κ2) is 10.3. The number of rotatable bonds is 7. The van der Waals surface area contributed by atoms with E-state index in [9.17, 15) is 14.7 Å². The van der Waals surface area contributed by atoms with Crippen LogP contribution in [0.25, 0.3) is 16.8 Å². The summed E-state index contributed by atoms with van der Waals surface area (Å²) >= 11 is 0. The van der Waals surface area contributed by atoms with Crippen LogP contribution in [0, 0.1) is 5.82 Å². The van der Waals surface area contributed by atoms with E-state index in [1.54, 1.807) is 52.8 Å². The number of amides is 1. The normalized spacial score (nSPS) is 20.5. The molecule has 40 heavy (non-hydrogen) atoms. The van der Waals surface area contributed by atoms with Gasteiger partial charge in [0.2, 0.25) is 0 Å². The van der Waals surface area contributed by atoms with Crippen molar-refractivity contribution >= 4 is 11.9 Å². The average molecular weight is 543 g/mol. The third-order valence-electron chi connectivity index (χ3n) is 8.17. The Labute approximate surface area is 231 Å². The Morgan fingerprint density at radius 2 is 1.93 bits per heavy atom. The lowest BCUT2D eigenvalue weighted by molar-refractivity contribution is 0.0602. The number of halogens is 1. The zero-order valence-corrected chi connectivity index (χ0v) is 22.5. The fourth-order valence-electron chi connectivity index (χ4n) is 6.02. The van der Waals surface area contributed by atoms with Gasteiger partial charge in [-0.3, -0.25) is 9.48 Å². The molecule has 3 heterocycles. The van der Waals surface area contributed by atoms with Gasteiger partial charge >= 0.3 is 5.97 Å². The molecule has 10 heteroatoms. The van der Waals surface area contributed by atoms with E-state index in [1.807, 2.05) is 17.2 Å². The van der Waals surface area contributed by atoms with Crippen molar-refractivity contribution in [2.45, 2.75) is 56.9 Å². The summed E-state index contributed by atoms with van der Waals surface area (Å²) < 4.78 is 19.2. The highest BCUT2D eigenvalue weighted by atomic mass is 19.1. The van der Waals surface area contributed by atoms with E-state index in [1.165, 1.54) is 6.20 Å². The van der Waals surface area contributed by atoms with Gasteiger partial charge in [-0.15, -0.1) is 5.10 Å². The van der Waals surface area contributed by atoms with Crippen molar-refractivity contribution in [3.05, 3.63) is 83.2 Å². The van der Waals surface area contributed by atoms with Gasteiger partial charge in [0.1, 0.15) is 11.4 Å². The minimum atomic E-state index is -1.05. The number of hydrogen-bond donors (Lipinski definition) is 1. The van der Waals surface area contributed by atoms with Crippen LogP contribution in [0.4, 0.5) is 4.39 Å². The maximum atomic E-state index is 15.9. The molecule has 9 nitrogen and oxygen atoms in total. The van der Waals surface area contributed by atoms with Crippen LogP contribution in [0.15, 0.2) is 54.9 Å².